The maximum atomic E-state index is 3.64. The van der Waals surface area contributed by atoms with Gasteiger partial charge >= 0.3 is 0 Å². The van der Waals surface area contributed by atoms with Crippen molar-refractivity contribution >= 4 is 11.4 Å². The molecule has 4 aromatic rings. The first-order valence-corrected chi connectivity index (χ1v) is 22.6. The molecular weight excluding hydrogens is 772 g/mol. The van der Waals surface area contributed by atoms with Crippen LogP contribution in [0.1, 0.15) is 166 Å². The number of aromatic nitrogens is 2. The summed E-state index contributed by atoms with van der Waals surface area (Å²) in [5.41, 5.74) is 6.93. The van der Waals surface area contributed by atoms with Gasteiger partial charge in [0.1, 0.15) is 0 Å². The Labute approximate surface area is 384 Å². The largest absolute Gasteiger partial charge is 0.384 e. The zero-order chi connectivity index (χ0) is 44.8. The van der Waals surface area contributed by atoms with Crippen molar-refractivity contribution < 1.29 is 32.7 Å². The van der Waals surface area contributed by atoms with E-state index in [1.807, 2.05) is 149 Å². The summed E-state index contributed by atoms with van der Waals surface area (Å²) in [7, 11) is 0. The molecule has 1 radical (unpaired) electrons. The van der Waals surface area contributed by atoms with Crippen molar-refractivity contribution in [2.24, 2.45) is 0 Å². The van der Waals surface area contributed by atoms with Gasteiger partial charge in [-0.1, -0.05) is 197 Å². The van der Waals surface area contributed by atoms with E-state index in [9.17, 15) is 0 Å². The first-order valence-electron chi connectivity index (χ1n) is 22.6. The standard InChI is InChI=1S/C10H12N2.C8H9N.C7H8.C5H10.C3H4N2.9C2H6.Y/c1-2-4-9-7(3-1)8-5-11-6-10(8)12-9;1-2-4-8-7(3-1)5-6-9-8;1-7-5-3-2-4-6-7;1-3-5-4-2;1-2-4-5-3-1;9*1-2;/h1-4,8,10-12H,5-6H2;1-4,9H,5-6H2;2-6H,1H3;1-5H2;1-3H,(H,4,5);9*1-2H3;/q;;;-2;;;;;;;;;;;/t8-,10?;;;;;;;;;;;;;;/m0............../s1. The molecule has 3 aliphatic rings. The van der Waals surface area contributed by atoms with Crippen LogP contribution in [0.15, 0.2) is 97.3 Å². The molecule has 3 aromatic carbocycles. The van der Waals surface area contributed by atoms with Crippen molar-refractivity contribution in [2.75, 3.05) is 30.3 Å². The van der Waals surface area contributed by atoms with Crippen LogP contribution in [-0.4, -0.2) is 35.9 Å². The van der Waals surface area contributed by atoms with E-state index in [0.29, 0.717) is 12.0 Å². The van der Waals surface area contributed by atoms with E-state index in [1.165, 1.54) is 40.9 Å². The predicted octanol–water partition coefficient (Wildman–Crippen LogP) is 16.3. The number of unbranched alkanes of at least 4 members (excludes halogenated alkanes) is 2. The van der Waals surface area contributed by atoms with E-state index >= 15 is 0 Å². The Bertz CT molecular complexity index is 1100. The van der Waals surface area contributed by atoms with E-state index in [4.69, 9.17) is 0 Å². The van der Waals surface area contributed by atoms with Crippen molar-refractivity contribution in [3.63, 3.8) is 0 Å². The molecule has 1 saturated heterocycles. The molecule has 0 amide bonds. The second kappa shape index (κ2) is 68.2. The number of fused-ring (bicyclic) bond motifs is 4. The van der Waals surface area contributed by atoms with Crippen LogP contribution in [0.3, 0.4) is 0 Å². The zero-order valence-electron chi connectivity index (χ0n) is 41.3. The molecule has 3 aliphatic heterocycles. The summed E-state index contributed by atoms with van der Waals surface area (Å²) in [6, 6.07) is 29.8. The Hall–Kier alpha value is -2.47. The molecule has 1 aromatic heterocycles. The van der Waals surface area contributed by atoms with Gasteiger partial charge < -0.3 is 29.8 Å². The second-order valence-electron chi connectivity index (χ2n) is 9.42. The summed E-state index contributed by atoms with van der Waals surface area (Å²) in [4.78, 5) is 0. The Morgan fingerprint density at radius 1 is 0.579 bits per heavy atom. The van der Waals surface area contributed by atoms with Crippen molar-refractivity contribution in [1.82, 2.24) is 15.5 Å². The normalized spacial score (nSPS) is 12.3. The van der Waals surface area contributed by atoms with Crippen LogP contribution in [0.25, 0.3) is 0 Å². The van der Waals surface area contributed by atoms with Crippen LogP contribution in [0.4, 0.5) is 11.4 Å². The minimum absolute atomic E-state index is 0. The molecule has 4 heterocycles. The third-order valence-electron chi connectivity index (χ3n) is 6.49. The summed E-state index contributed by atoms with van der Waals surface area (Å²) >= 11 is 0. The van der Waals surface area contributed by atoms with Gasteiger partial charge in [0.05, 0.1) is 0 Å². The van der Waals surface area contributed by atoms with Crippen LogP contribution in [0, 0.1) is 20.8 Å². The van der Waals surface area contributed by atoms with E-state index in [1.54, 1.807) is 12.4 Å². The first-order chi connectivity index (χ1) is 27.7. The summed E-state index contributed by atoms with van der Waals surface area (Å²) in [5, 5.41) is 16.4. The van der Waals surface area contributed by atoms with E-state index in [-0.39, 0.29) is 32.7 Å². The summed E-state index contributed by atoms with van der Waals surface area (Å²) < 4.78 is 0. The fourth-order valence-electron chi connectivity index (χ4n) is 4.48. The number of aromatic amines is 1. The average molecular weight is 869 g/mol. The molecule has 331 valence electrons. The molecule has 57 heavy (non-hydrogen) atoms. The molecule has 0 bridgehead atoms. The summed E-state index contributed by atoms with van der Waals surface area (Å²) in [6.45, 7) is 48.7. The van der Waals surface area contributed by atoms with Gasteiger partial charge in [-0.05, 0) is 42.7 Å². The molecule has 2 atom stereocenters. The second-order valence-corrected chi connectivity index (χ2v) is 9.42. The number of nitrogens with zero attached hydrogens (tertiary/aromatic N) is 1. The molecule has 5 nitrogen and oxygen atoms in total. The Morgan fingerprint density at radius 2 is 1.05 bits per heavy atom. The molecule has 6 heteroatoms. The monoisotopic (exact) mass is 869 g/mol. The zero-order valence-corrected chi connectivity index (χ0v) is 44.1. The van der Waals surface area contributed by atoms with Gasteiger partial charge in [0.15, 0.2) is 0 Å². The average Bonchev–Trinajstić information content (AvgIpc) is 4.17. The maximum Gasteiger partial charge on any atom is 0.0487 e. The predicted molar refractivity (Wildman–Crippen MR) is 265 cm³/mol. The fourth-order valence-corrected chi connectivity index (χ4v) is 4.48. The molecular formula is C51H97N5Y-2. The SMILES string of the molecule is CC.CC.CC.CC.CC.CC.CC.CC.CC.Cc1ccccc1.[CH2-]CCC[CH2-].[Y].c1ccc2c(c1)CCN2.c1ccc2c(c1)NC1CNC[C@@H]21.c1cn[nH]c1. The molecule has 1 fully saturated rings. The molecule has 7 rings (SSSR count). The number of hydrogen-bond acceptors (Lipinski definition) is 4. The summed E-state index contributed by atoms with van der Waals surface area (Å²) in [6.07, 6.45) is 7.88. The van der Waals surface area contributed by atoms with Crippen LogP contribution >= 0.6 is 0 Å². The Morgan fingerprint density at radius 3 is 1.44 bits per heavy atom. The van der Waals surface area contributed by atoms with Gasteiger partial charge in [0.25, 0.3) is 0 Å². The van der Waals surface area contributed by atoms with Gasteiger partial charge in [0.2, 0.25) is 0 Å². The molecule has 4 N–H and O–H groups in total. The fraction of sp³-hybridized carbons (Fsp3) is 0.549. The molecule has 1 unspecified atom stereocenters. The Kier molecular flexibility index (Phi) is 86.4. The number of anilines is 2. The van der Waals surface area contributed by atoms with Crippen molar-refractivity contribution in [3.05, 3.63) is 128 Å². The van der Waals surface area contributed by atoms with Gasteiger partial charge in [-0.2, -0.15) is 17.9 Å². The number of H-pyrrole nitrogens is 1. The van der Waals surface area contributed by atoms with Gasteiger partial charge in [-0.15, -0.1) is 6.42 Å². The van der Waals surface area contributed by atoms with E-state index in [2.05, 4.69) is 108 Å². The van der Waals surface area contributed by atoms with Crippen molar-refractivity contribution in [2.45, 2.75) is 169 Å². The maximum absolute atomic E-state index is 3.64. The molecule has 0 saturated carbocycles. The Balaban J connectivity index is -0.0000000814. The number of hydrogen-bond donors (Lipinski definition) is 4. The van der Waals surface area contributed by atoms with Crippen LogP contribution in [-0.2, 0) is 39.1 Å². The quantitative estimate of drug-likeness (QED) is 0.152. The first kappa shape index (κ1) is 72.2. The van der Waals surface area contributed by atoms with Crippen molar-refractivity contribution in [1.29, 1.82) is 0 Å². The smallest absolute Gasteiger partial charge is 0.0487 e. The van der Waals surface area contributed by atoms with Gasteiger partial charge in [0, 0.05) is 88.1 Å². The molecule has 0 aliphatic carbocycles. The number of para-hydroxylation sites is 2. The number of aryl methyl sites for hydroxylation is 1. The summed E-state index contributed by atoms with van der Waals surface area (Å²) in [5.74, 6) is 0.709. The number of rotatable bonds is 2. The third kappa shape index (κ3) is 41.5. The van der Waals surface area contributed by atoms with Crippen LogP contribution in [0.5, 0.6) is 0 Å². The number of nitrogens with one attached hydrogen (secondary N) is 4. The molecule has 0 spiro atoms. The van der Waals surface area contributed by atoms with Crippen LogP contribution < -0.4 is 16.0 Å². The van der Waals surface area contributed by atoms with Crippen LogP contribution in [0.2, 0.25) is 0 Å². The topological polar surface area (TPSA) is 64.8 Å². The number of benzene rings is 3. The van der Waals surface area contributed by atoms with E-state index in [0.717, 1.165) is 32.5 Å². The van der Waals surface area contributed by atoms with Gasteiger partial charge in [-0.25, -0.2) is 0 Å². The third-order valence-corrected chi connectivity index (χ3v) is 6.49. The van der Waals surface area contributed by atoms with Crippen molar-refractivity contribution in [3.8, 4) is 0 Å². The minimum Gasteiger partial charge on any atom is -0.384 e. The van der Waals surface area contributed by atoms with Gasteiger partial charge in [-0.3, -0.25) is 5.10 Å². The minimum atomic E-state index is 0. The van der Waals surface area contributed by atoms with E-state index < -0.39 is 0 Å².